The molecule has 0 bridgehead atoms. The predicted molar refractivity (Wildman–Crippen MR) is 116 cm³/mol. The topological polar surface area (TPSA) is 58.9 Å². The van der Waals surface area contributed by atoms with Crippen LogP contribution in [0.1, 0.15) is 47.0 Å². The first kappa shape index (κ1) is 19.6. The van der Waals surface area contributed by atoms with Crippen LogP contribution in [-0.4, -0.2) is 37.7 Å². The van der Waals surface area contributed by atoms with E-state index in [0.29, 0.717) is 5.92 Å². The van der Waals surface area contributed by atoms with E-state index < -0.39 is 0 Å². The lowest BCUT2D eigenvalue weighted by atomic mass is 9.93. The van der Waals surface area contributed by atoms with Gasteiger partial charge in [-0.1, -0.05) is 6.07 Å². The summed E-state index contributed by atoms with van der Waals surface area (Å²) in [6.07, 6.45) is 6.20. The Kier molecular flexibility index (Phi) is 5.62. The minimum Gasteiger partial charge on any atom is -0.340 e. The van der Waals surface area contributed by atoms with Gasteiger partial charge in [-0.15, -0.1) is 0 Å². The Morgan fingerprint density at radius 2 is 2.07 bits per heavy atom. The van der Waals surface area contributed by atoms with E-state index in [1.165, 1.54) is 29.8 Å². The number of nitrogens with one attached hydrogen (secondary N) is 1. The number of rotatable bonds is 5. The second-order valence-corrected chi connectivity index (χ2v) is 8.17. The van der Waals surface area contributed by atoms with Gasteiger partial charge in [-0.2, -0.15) is 5.10 Å². The summed E-state index contributed by atoms with van der Waals surface area (Å²) in [6.45, 7) is 9.41. The summed E-state index contributed by atoms with van der Waals surface area (Å²) < 4.78 is 1.95. The highest BCUT2D eigenvalue weighted by atomic mass is 15.3. The van der Waals surface area contributed by atoms with Gasteiger partial charge >= 0.3 is 0 Å². The highest BCUT2D eigenvalue weighted by molar-refractivity contribution is 5.59. The largest absolute Gasteiger partial charge is 0.340 e. The average molecular weight is 391 g/mol. The lowest BCUT2D eigenvalue weighted by molar-refractivity contribution is 0.198. The van der Waals surface area contributed by atoms with Gasteiger partial charge in [0.15, 0.2) is 0 Å². The zero-order valence-corrected chi connectivity index (χ0v) is 17.8. The number of likely N-dealkylation sites (tertiary alicyclic amines) is 1. The fourth-order valence-corrected chi connectivity index (χ4v) is 4.11. The lowest BCUT2D eigenvalue weighted by Gasteiger charge is -2.32. The van der Waals surface area contributed by atoms with E-state index in [1.54, 1.807) is 0 Å². The SMILES string of the molecule is Cc1cc(Nc2ncccc2C)cc([C@H]2CCCN(Cc3cnn(C)c3C)C2)n1. The minimum absolute atomic E-state index is 0.450. The molecule has 1 aliphatic rings. The van der Waals surface area contributed by atoms with Crippen LogP contribution >= 0.6 is 0 Å². The molecule has 0 spiro atoms. The summed E-state index contributed by atoms with van der Waals surface area (Å²) in [5, 5.41) is 7.87. The Hall–Kier alpha value is -2.73. The summed E-state index contributed by atoms with van der Waals surface area (Å²) >= 11 is 0. The molecule has 6 nitrogen and oxygen atoms in total. The molecular weight excluding hydrogens is 360 g/mol. The third kappa shape index (κ3) is 4.48. The van der Waals surface area contributed by atoms with Crippen LogP contribution in [0.15, 0.2) is 36.7 Å². The van der Waals surface area contributed by atoms with E-state index in [9.17, 15) is 0 Å². The molecule has 0 aromatic carbocycles. The van der Waals surface area contributed by atoms with Crippen molar-refractivity contribution in [1.29, 1.82) is 0 Å². The molecule has 152 valence electrons. The van der Waals surface area contributed by atoms with Crippen molar-refractivity contribution in [2.45, 2.75) is 46.1 Å². The molecule has 1 atom stereocenters. The highest BCUT2D eigenvalue weighted by Crippen LogP contribution is 2.29. The Bertz CT molecular complexity index is 993. The second kappa shape index (κ2) is 8.33. The summed E-state index contributed by atoms with van der Waals surface area (Å²) in [7, 11) is 2.01. The normalized spacial score (nSPS) is 17.4. The predicted octanol–water partition coefficient (Wildman–Crippen LogP) is 4.26. The van der Waals surface area contributed by atoms with Gasteiger partial charge < -0.3 is 5.32 Å². The van der Waals surface area contributed by atoms with Gasteiger partial charge in [0.05, 0.1) is 6.20 Å². The van der Waals surface area contributed by atoms with E-state index in [1.807, 2.05) is 30.2 Å². The van der Waals surface area contributed by atoms with Crippen LogP contribution in [0.5, 0.6) is 0 Å². The molecule has 0 aliphatic carbocycles. The van der Waals surface area contributed by atoms with Crippen molar-refractivity contribution in [3.05, 3.63) is 64.9 Å². The third-order valence-corrected chi connectivity index (χ3v) is 5.90. The van der Waals surface area contributed by atoms with Crippen LogP contribution in [0.25, 0.3) is 0 Å². The number of anilines is 2. The number of piperidine rings is 1. The molecule has 6 heteroatoms. The maximum Gasteiger partial charge on any atom is 0.133 e. The van der Waals surface area contributed by atoms with E-state index in [-0.39, 0.29) is 0 Å². The van der Waals surface area contributed by atoms with Gasteiger partial charge in [-0.05, 0) is 63.9 Å². The van der Waals surface area contributed by atoms with Crippen LogP contribution < -0.4 is 5.32 Å². The minimum atomic E-state index is 0.450. The molecule has 4 heterocycles. The fourth-order valence-electron chi connectivity index (χ4n) is 4.11. The molecule has 4 rings (SSSR count). The maximum absolute atomic E-state index is 4.88. The summed E-state index contributed by atoms with van der Waals surface area (Å²) in [5.74, 6) is 1.35. The standard InChI is InChI=1S/C23H30N6/c1-16-7-5-9-24-23(16)27-21-11-17(2)26-22(12-21)19-8-6-10-29(14-19)15-20-13-25-28(4)18(20)3/h5,7,9,11-13,19H,6,8,10,14-15H2,1-4H3,(H,24,26,27)/t19-/m0/s1. The molecule has 3 aromatic rings. The molecule has 29 heavy (non-hydrogen) atoms. The first-order valence-electron chi connectivity index (χ1n) is 10.4. The quantitative estimate of drug-likeness (QED) is 0.705. The molecule has 0 unspecified atom stereocenters. The fraction of sp³-hybridized carbons (Fsp3) is 0.435. The first-order valence-corrected chi connectivity index (χ1v) is 10.4. The summed E-state index contributed by atoms with van der Waals surface area (Å²) in [6, 6.07) is 8.33. The van der Waals surface area contributed by atoms with Crippen LogP contribution in [0.4, 0.5) is 11.5 Å². The molecule has 1 fully saturated rings. The maximum atomic E-state index is 4.88. The van der Waals surface area contributed by atoms with Crippen molar-refractivity contribution in [1.82, 2.24) is 24.6 Å². The number of aryl methyl sites for hydroxylation is 3. The van der Waals surface area contributed by atoms with E-state index in [2.05, 4.69) is 59.3 Å². The van der Waals surface area contributed by atoms with Crippen LogP contribution in [0.3, 0.4) is 0 Å². The zero-order chi connectivity index (χ0) is 20.4. The van der Waals surface area contributed by atoms with Crippen molar-refractivity contribution in [2.75, 3.05) is 18.4 Å². The average Bonchev–Trinajstić information content (AvgIpc) is 3.02. The number of pyridine rings is 2. The molecule has 3 aromatic heterocycles. The third-order valence-electron chi connectivity index (χ3n) is 5.90. The van der Waals surface area contributed by atoms with Gasteiger partial charge in [0.25, 0.3) is 0 Å². The molecule has 0 radical (unpaired) electrons. The molecule has 0 saturated carbocycles. The van der Waals surface area contributed by atoms with Gasteiger partial charge in [-0.3, -0.25) is 14.6 Å². The molecule has 1 saturated heterocycles. The van der Waals surface area contributed by atoms with Gasteiger partial charge in [-0.25, -0.2) is 4.98 Å². The summed E-state index contributed by atoms with van der Waals surface area (Å²) in [4.78, 5) is 11.9. The van der Waals surface area contributed by atoms with Crippen molar-refractivity contribution < 1.29 is 0 Å². The Morgan fingerprint density at radius 3 is 2.83 bits per heavy atom. The Morgan fingerprint density at radius 1 is 1.21 bits per heavy atom. The summed E-state index contributed by atoms with van der Waals surface area (Å²) in [5.41, 5.74) is 6.98. The first-order chi connectivity index (χ1) is 14.0. The number of aromatic nitrogens is 4. The van der Waals surface area contributed by atoms with Crippen LogP contribution in [0, 0.1) is 20.8 Å². The van der Waals surface area contributed by atoms with E-state index >= 15 is 0 Å². The molecular formula is C23H30N6. The van der Waals surface area contributed by atoms with Crippen LogP contribution in [-0.2, 0) is 13.6 Å². The van der Waals surface area contributed by atoms with Crippen LogP contribution in [0.2, 0.25) is 0 Å². The van der Waals surface area contributed by atoms with Gasteiger partial charge in [0.2, 0.25) is 0 Å². The number of hydrogen-bond donors (Lipinski definition) is 1. The van der Waals surface area contributed by atoms with Gasteiger partial charge in [0, 0.05) is 60.6 Å². The van der Waals surface area contributed by atoms with E-state index in [0.717, 1.165) is 42.4 Å². The Labute approximate surface area is 173 Å². The van der Waals surface area contributed by atoms with Crippen molar-refractivity contribution in [2.24, 2.45) is 7.05 Å². The smallest absolute Gasteiger partial charge is 0.133 e. The molecule has 1 N–H and O–H groups in total. The highest BCUT2D eigenvalue weighted by Gasteiger charge is 2.24. The molecule has 0 amide bonds. The van der Waals surface area contributed by atoms with Crippen molar-refractivity contribution in [3.63, 3.8) is 0 Å². The van der Waals surface area contributed by atoms with Crippen molar-refractivity contribution >= 4 is 11.5 Å². The Balaban J connectivity index is 1.50. The number of hydrogen-bond acceptors (Lipinski definition) is 5. The van der Waals surface area contributed by atoms with Gasteiger partial charge in [0.1, 0.15) is 5.82 Å². The monoisotopic (exact) mass is 390 g/mol. The lowest BCUT2D eigenvalue weighted by Crippen LogP contribution is -2.34. The second-order valence-electron chi connectivity index (χ2n) is 8.17. The zero-order valence-electron chi connectivity index (χ0n) is 17.8. The number of nitrogens with zero attached hydrogens (tertiary/aromatic N) is 5. The van der Waals surface area contributed by atoms with E-state index in [4.69, 9.17) is 4.98 Å². The molecule has 1 aliphatic heterocycles. The van der Waals surface area contributed by atoms with Crippen molar-refractivity contribution in [3.8, 4) is 0 Å².